The number of tetrazole rings is 1. The molecule has 0 aromatic carbocycles. The van der Waals surface area contributed by atoms with Crippen molar-refractivity contribution in [1.82, 2.24) is 20.6 Å². The SMILES string of the molecule is CCCCCC(C)(CCC1C(OC2CCCCO2)CC(=O)C1C/C=C\CCCc1nn[nH]n1)OC1CCCCO1. The van der Waals surface area contributed by atoms with Gasteiger partial charge in [-0.05, 0) is 89.9 Å². The van der Waals surface area contributed by atoms with Crippen LogP contribution in [-0.4, -0.2) is 63.9 Å². The van der Waals surface area contributed by atoms with E-state index in [4.69, 9.17) is 18.9 Å². The largest absolute Gasteiger partial charge is 0.353 e. The number of ketones is 1. The average Bonchev–Trinajstić information content (AvgIpc) is 3.58. The Morgan fingerprint density at radius 2 is 1.82 bits per heavy atom. The summed E-state index contributed by atoms with van der Waals surface area (Å²) >= 11 is 0. The molecule has 9 nitrogen and oxygen atoms in total. The third-order valence-corrected chi connectivity index (χ3v) is 8.86. The summed E-state index contributed by atoms with van der Waals surface area (Å²) in [7, 11) is 0. The third-order valence-electron chi connectivity index (χ3n) is 8.86. The maximum Gasteiger partial charge on any atom is 0.174 e. The second kappa shape index (κ2) is 16.7. The molecule has 1 aromatic heterocycles. The van der Waals surface area contributed by atoms with Crippen LogP contribution in [-0.2, 0) is 30.2 Å². The summed E-state index contributed by atoms with van der Waals surface area (Å²) in [6, 6.07) is 0. The Balaban J connectivity index is 1.38. The van der Waals surface area contributed by atoms with Gasteiger partial charge < -0.3 is 18.9 Å². The molecule has 3 fully saturated rings. The number of nitrogens with zero attached hydrogens (tertiary/aromatic N) is 3. The van der Waals surface area contributed by atoms with Gasteiger partial charge in [0.05, 0.1) is 11.7 Å². The second-order valence-corrected chi connectivity index (χ2v) is 12.2. The van der Waals surface area contributed by atoms with Crippen LogP contribution in [0.4, 0.5) is 0 Å². The van der Waals surface area contributed by atoms with Gasteiger partial charge in [-0.2, -0.15) is 5.21 Å². The van der Waals surface area contributed by atoms with E-state index in [1.165, 1.54) is 12.8 Å². The highest BCUT2D eigenvalue weighted by Gasteiger charge is 2.44. The molecule has 3 aliphatic rings. The zero-order valence-electron chi connectivity index (χ0n) is 24.9. The van der Waals surface area contributed by atoms with E-state index >= 15 is 0 Å². The number of carbonyl (C=O) groups is 1. The molecule has 40 heavy (non-hydrogen) atoms. The average molecular weight is 561 g/mol. The molecule has 1 aromatic rings. The minimum atomic E-state index is -0.260. The van der Waals surface area contributed by atoms with Gasteiger partial charge in [0.2, 0.25) is 0 Å². The molecule has 2 saturated heterocycles. The first kappa shape index (κ1) is 31.3. The fourth-order valence-electron chi connectivity index (χ4n) is 6.47. The molecule has 1 saturated carbocycles. The predicted molar refractivity (Wildman–Crippen MR) is 152 cm³/mol. The van der Waals surface area contributed by atoms with Crippen molar-refractivity contribution in [1.29, 1.82) is 0 Å². The fraction of sp³-hybridized carbons (Fsp3) is 0.871. The quantitative estimate of drug-likeness (QED) is 0.176. The van der Waals surface area contributed by atoms with Gasteiger partial charge in [0, 0.05) is 32.0 Å². The monoisotopic (exact) mass is 560 g/mol. The zero-order chi connectivity index (χ0) is 28.0. The van der Waals surface area contributed by atoms with Gasteiger partial charge in [-0.3, -0.25) is 4.79 Å². The molecule has 3 heterocycles. The lowest BCUT2D eigenvalue weighted by molar-refractivity contribution is -0.227. The van der Waals surface area contributed by atoms with Crippen LogP contribution in [0.3, 0.4) is 0 Å². The van der Waals surface area contributed by atoms with Crippen molar-refractivity contribution in [3.05, 3.63) is 18.0 Å². The van der Waals surface area contributed by atoms with Crippen molar-refractivity contribution >= 4 is 5.78 Å². The first-order valence-electron chi connectivity index (χ1n) is 16.0. The van der Waals surface area contributed by atoms with Crippen LogP contribution in [0.1, 0.15) is 122 Å². The molecule has 2 aliphatic heterocycles. The number of hydrogen-bond acceptors (Lipinski definition) is 8. The number of allylic oxidation sites excluding steroid dienone is 2. The highest BCUT2D eigenvalue weighted by Crippen LogP contribution is 2.41. The Bertz CT molecular complexity index is 869. The Kier molecular flexibility index (Phi) is 13.0. The van der Waals surface area contributed by atoms with Gasteiger partial charge in [-0.1, -0.05) is 43.6 Å². The molecule has 9 heteroatoms. The first-order chi connectivity index (χ1) is 19.6. The standard InChI is InChI=1S/C31H52N4O5/c1-3-4-11-19-31(2,40-30-17-10-13-22-38-30)20-18-25-24(14-7-5-6-8-15-28-32-34-35-33-28)26(36)23-27(25)39-29-16-9-12-21-37-29/h5,7,24-25,27,29-30H,3-4,6,8-23H2,1-2H3,(H,32,33,34,35)/b7-5-. The van der Waals surface area contributed by atoms with E-state index in [-0.39, 0.29) is 36.1 Å². The molecule has 1 aliphatic carbocycles. The molecule has 0 spiro atoms. The Hall–Kier alpha value is -1.68. The Morgan fingerprint density at radius 1 is 1.02 bits per heavy atom. The van der Waals surface area contributed by atoms with E-state index < -0.39 is 0 Å². The maximum absolute atomic E-state index is 13.3. The summed E-state index contributed by atoms with van der Waals surface area (Å²) in [5.41, 5.74) is -0.260. The van der Waals surface area contributed by atoms with Crippen molar-refractivity contribution in [3.63, 3.8) is 0 Å². The number of rotatable bonds is 17. The lowest BCUT2D eigenvalue weighted by Gasteiger charge is -2.37. The lowest BCUT2D eigenvalue weighted by atomic mass is 9.82. The number of aromatic amines is 1. The van der Waals surface area contributed by atoms with Gasteiger partial charge in [0.1, 0.15) is 5.78 Å². The van der Waals surface area contributed by atoms with Crippen molar-refractivity contribution in [2.75, 3.05) is 13.2 Å². The minimum Gasteiger partial charge on any atom is -0.353 e. The predicted octanol–water partition coefficient (Wildman–Crippen LogP) is 6.25. The van der Waals surface area contributed by atoms with Gasteiger partial charge in [-0.25, -0.2) is 0 Å². The summed E-state index contributed by atoms with van der Waals surface area (Å²) < 4.78 is 25.1. The molecule has 6 unspecified atom stereocenters. The summed E-state index contributed by atoms with van der Waals surface area (Å²) in [6.45, 7) is 6.03. The topological polar surface area (TPSA) is 108 Å². The molecule has 0 amide bonds. The fourth-order valence-corrected chi connectivity index (χ4v) is 6.47. The van der Waals surface area contributed by atoms with Crippen molar-refractivity contribution in [2.45, 2.75) is 147 Å². The Morgan fingerprint density at radius 3 is 2.52 bits per heavy atom. The molecule has 226 valence electrons. The second-order valence-electron chi connectivity index (χ2n) is 12.2. The lowest BCUT2D eigenvalue weighted by Crippen LogP contribution is -2.38. The molecule has 1 N–H and O–H groups in total. The van der Waals surface area contributed by atoms with Crippen LogP contribution in [0.15, 0.2) is 12.2 Å². The van der Waals surface area contributed by atoms with E-state index in [1.807, 2.05) is 0 Å². The smallest absolute Gasteiger partial charge is 0.174 e. The molecular weight excluding hydrogens is 508 g/mol. The molecule has 0 bridgehead atoms. The van der Waals surface area contributed by atoms with E-state index in [2.05, 4.69) is 46.6 Å². The number of carbonyl (C=O) groups excluding carboxylic acids is 1. The zero-order valence-corrected chi connectivity index (χ0v) is 24.9. The van der Waals surface area contributed by atoms with E-state index in [0.717, 1.165) is 109 Å². The Labute approximate surface area is 240 Å². The number of Topliss-reactive ketones (excluding diaryl/α,β-unsaturated/α-hetero) is 1. The van der Waals surface area contributed by atoms with Gasteiger partial charge in [0.25, 0.3) is 0 Å². The van der Waals surface area contributed by atoms with Gasteiger partial charge in [0.15, 0.2) is 18.4 Å². The van der Waals surface area contributed by atoms with E-state index in [9.17, 15) is 4.79 Å². The van der Waals surface area contributed by atoms with Crippen molar-refractivity contribution in [2.24, 2.45) is 11.8 Å². The highest BCUT2D eigenvalue weighted by molar-refractivity contribution is 5.84. The molecule has 4 rings (SSSR count). The summed E-state index contributed by atoms with van der Waals surface area (Å²) in [6.07, 6.45) is 20.7. The summed E-state index contributed by atoms with van der Waals surface area (Å²) in [5, 5.41) is 14.1. The molecule has 6 atom stereocenters. The summed E-state index contributed by atoms with van der Waals surface area (Å²) in [4.78, 5) is 13.3. The third kappa shape index (κ3) is 10.00. The van der Waals surface area contributed by atoms with E-state index in [0.29, 0.717) is 12.2 Å². The van der Waals surface area contributed by atoms with Gasteiger partial charge >= 0.3 is 0 Å². The summed E-state index contributed by atoms with van der Waals surface area (Å²) in [5.74, 6) is 1.22. The van der Waals surface area contributed by atoms with Crippen LogP contribution >= 0.6 is 0 Å². The van der Waals surface area contributed by atoms with Crippen LogP contribution in [0, 0.1) is 11.8 Å². The number of nitrogens with one attached hydrogen (secondary N) is 1. The van der Waals surface area contributed by atoms with Crippen molar-refractivity contribution in [3.8, 4) is 0 Å². The normalized spacial score (nSPS) is 29.2. The van der Waals surface area contributed by atoms with E-state index in [1.54, 1.807) is 0 Å². The van der Waals surface area contributed by atoms with Crippen LogP contribution < -0.4 is 0 Å². The van der Waals surface area contributed by atoms with Gasteiger partial charge in [-0.15, -0.1) is 10.2 Å². The maximum atomic E-state index is 13.3. The molecular formula is C31H52N4O5. The van der Waals surface area contributed by atoms with Crippen LogP contribution in [0.25, 0.3) is 0 Å². The number of hydrogen-bond donors (Lipinski definition) is 1. The number of aromatic nitrogens is 4. The molecule has 0 radical (unpaired) electrons. The number of unbranched alkanes of at least 4 members (excludes halogenated alkanes) is 3. The minimum absolute atomic E-state index is 0.0205. The van der Waals surface area contributed by atoms with Crippen LogP contribution in [0.5, 0.6) is 0 Å². The number of ether oxygens (including phenoxy) is 4. The van der Waals surface area contributed by atoms with Crippen molar-refractivity contribution < 1.29 is 23.7 Å². The first-order valence-corrected chi connectivity index (χ1v) is 16.0. The highest BCUT2D eigenvalue weighted by atomic mass is 16.7. The number of H-pyrrole nitrogens is 1. The number of aryl methyl sites for hydroxylation is 1. The van der Waals surface area contributed by atoms with Crippen LogP contribution in [0.2, 0.25) is 0 Å².